The van der Waals surface area contributed by atoms with Crippen molar-refractivity contribution in [2.24, 2.45) is 5.73 Å². The summed E-state index contributed by atoms with van der Waals surface area (Å²) < 4.78 is 10.2. The highest BCUT2D eigenvalue weighted by molar-refractivity contribution is 5.93. The molecular weight excluding hydrogens is 242 g/mol. The zero-order valence-corrected chi connectivity index (χ0v) is 10.3. The van der Waals surface area contributed by atoms with Crippen LogP contribution in [0.25, 0.3) is 11.0 Å². The van der Waals surface area contributed by atoms with Crippen LogP contribution in [-0.4, -0.2) is 19.6 Å². The number of carbonyl (C=O) groups is 1. The second kappa shape index (κ2) is 5.70. The minimum absolute atomic E-state index is 0. The first-order chi connectivity index (χ1) is 7.74. The topological polar surface area (TPSA) is 65.5 Å². The molecule has 0 aliphatic rings. The van der Waals surface area contributed by atoms with Crippen LogP contribution in [0.2, 0.25) is 0 Å². The molecule has 0 unspecified atom stereocenters. The Kier molecular flexibility index (Phi) is 4.54. The van der Waals surface area contributed by atoms with E-state index in [1.807, 2.05) is 12.1 Å². The average molecular weight is 256 g/mol. The molecule has 2 N–H and O–H groups in total. The molecule has 1 heterocycles. The molecule has 0 radical (unpaired) electrons. The van der Waals surface area contributed by atoms with Crippen LogP contribution in [-0.2, 0) is 11.2 Å². The predicted octanol–water partition coefficient (Wildman–Crippen LogP) is 2.14. The van der Waals surface area contributed by atoms with E-state index in [1.54, 1.807) is 12.1 Å². The zero-order valence-electron chi connectivity index (χ0n) is 9.43. The molecule has 2 aromatic rings. The number of esters is 1. The van der Waals surface area contributed by atoms with Gasteiger partial charge in [0.15, 0.2) is 0 Å². The predicted molar refractivity (Wildman–Crippen MR) is 67.6 cm³/mol. The molecule has 0 fully saturated rings. The Bertz CT molecular complexity index is 521. The van der Waals surface area contributed by atoms with E-state index < -0.39 is 0 Å². The number of nitrogens with two attached hydrogens (primary N) is 1. The minimum Gasteiger partial charge on any atom is -0.465 e. The number of ether oxygens (including phenoxy) is 1. The molecule has 0 amide bonds. The number of hydrogen-bond acceptors (Lipinski definition) is 4. The third-order valence-electron chi connectivity index (χ3n) is 2.38. The van der Waals surface area contributed by atoms with E-state index in [1.165, 1.54) is 7.11 Å². The third kappa shape index (κ3) is 2.78. The Balaban J connectivity index is 0.00000144. The number of halogens is 1. The molecule has 0 saturated carbocycles. The average Bonchev–Trinajstić information content (AvgIpc) is 2.69. The summed E-state index contributed by atoms with van der Waals surface area (Å²) >= 11 is 0. The van der Waals surface area contributed by atoms with Gasteiger partial charge in [0.25, 0.3) is 0 Å². The molecule has 0 spiro atoms. The van der Waals surface area contributed by atoms with Crippen molar-refractivity contribution in [1.82, 2.24) is 0 Å². The van der Waals surface area contributed by atoms with Crippen LogP contribution in [0.1, 0.15) is 16.1 Å². The molecule has 0 bridgehead atoms. The van der Waals surface area contributed by atoms with E-state index in [4.69, 9.17) is 10.2 Å². The van der Waals surface area contributed by atoms with Gasteiger partial charge in [-0.3, -0.25) is 0 Å². The van der Waals surface area contributed by atoms with Crippen LogP contribution in [0.3, 0.4) is 0 Å². The number of hydrogen-bond donors (Lipinski definition) is 1. The van der Waals surface area contributed by atoms with Gasteiger partial charge in [-0.15, -0.1) is 12.4 Å². The van der Waals surface area contributed by atoms with Crippen molar-refractivity contribution >= 4 is 29.3 Å². The molecule has 0 aliphatic heterocycles. The minimum atomic E-state index is -0.362. The zero-order chi connectivity index (χ0) is 11.5. The van der Waals surface area contributed by atoms with Gasteiger partial charge in [-0.25, -0.2) is 4.79 Å². The summed E-state index contributed by atoms with van der Waals surface area (Å²) in [4.78, 5) is 11.3. The number of methoxy groups -OCH3 is 1. The Morgan fingerprint density at radius 3 is 2.82 bits per heavy atom. The quantitative estimate of drug-likeness (QED) is 0.854. The van der Waals surface area contributed by atoms with Gasteiger partial charge >= 0.3 is 5.97 Å². The normalized spacial score (nSPS) is 10.0. The van der Waals surface area contributed by atoms with Gasteiger partial charge in [0.2, 0.25) is 0 Å². The van der Waals surface area contributed by atoms with E-state index in [0.717, 1.165) is 11.1 Å². The van der Waals surface area contributed by atoms with E-state index in [9.17, 15) is 4.79 Å². The third-order valence-corrected chi connectivity index (χ3v) is 2.38. The summed E-state index contributed by atoms with van der Waals surface area (Å²) in [5.41, 5.74) is 6.62. The molecule has 0 aliphatic carbocycles. The van der Waals surface area contributed by atoms with E-state index in [-0.39, 0.29) is 18.4 Å². The molecule has 0 saturated heterocycles. The van der Waals surface area contributed by atoms with Crippen molar-refractivity contribution in [2.45, 2.75) is 6.42 Å². The van der Waals surface area contributed by atoms with Crippen LogP contribution in [0.15, 0.2) is 28.7 Å². The lowest BCUT2D eigenvalue weighted by Gasteiger charge is -1.97. The van der Waals surface area contributed by atoms with E-state index in [0.29, 0.717) is 24.1 Å². The molecule has 1 aromatic carbocycles. The number of carbonyl (C=O) groups excluding carboxylic acids is 1. The fourth-order valence-electron chi connectivity index (χ4n) is 1.60. The standard InChI is InChI=1S/C12H13NO3.ClH/c1-15-12(14)9-3-2-8-6-10(4-5-13)16-11(8)7-9;/h2-3,6-7H,4-5,13H2,1H3;1H. The van der Waals surface area contributed by atoms with Gasteiger partial charge in [0.05, 0.1) is 12.7 Å². The van der Waals surface area contributed by atoms with Crippen LogP contribution < -0.4 is 5.73 Å². The second-order valence-electron chi connectivity index (χ2n) is 3.50. The molecule has 1 aromatic heterocycles. The molecule has 92 valence electrons. The van der Waals surface area contributed by atoms with Gasteiger partial charge in [-0.1, -0.05) is 6.07 Å². The molecule has 4 nitrogen and oxygen atoms in total. The maximum Gasteiger partial charge on any atom is 0.337 e. The Hall–Kier alpha value is -1.52. The van der Waals surface area contributed by atoms with Gasteiger partial charge in [0.1, 0.15) is 11.3 Å². The molecule has 5 heteroatoms. The number of benzene rings is 1. The number of furan rings is 1. The summed E-state index contributed by atoms with van der Waals surface area (Å²) in [7, 11) is 1.36. The fourth-order valence-corrected chi connectivity index (χ4v) is 1.60. The fraction of sp³-hybridized carbons (Fsp3) is 0.250. The summed E-state index contributed by atoms with van der Waals surface area (Å²) in [5.74, 6) is 0.471. The van der Waals surface area contributed by atoms with Crippen molar-refractivity contribution in [1.29, 1.82) is 0 Å². The van der Waals surface area contributed by atoms with Crippen LogP contribution in [0.5, 0.6) is 0 Å². The Morgan fingerprint density at radius 2 is 2.18 bits per heavy atom. The van der Waals surface area contributed by atoms with Gasteiger partial charge in [-0.05, 0) is 24.7 Å². The van der Waals surface area contributed by atoms with Crippen molar-refractivity contribution < 1.29 is 13.9 Å². The van der Waals surface area contributed by atoms with Gasteiger partial charge < -0.3 is 14.9 Å². The van der Waals surface area contributed by atoms with Crippen molar-refractivity contribution in [2.75, 3.05) is 13.7 Å². The molecule has 2 rings (SSSR count). The van der Waals surface area contributed by atoms with Crippen LogP contribution in [0, 0.1) is 0 Å². The van der Waals surface area contributed by atoms with Crippen molar-refractivity contribution in [3.05, 3.63) is 35.6 Å². The maximum atomic E-state index is 11.3. The van der Waals surface area contributed by atoms with Gasteiger partial charge in [-0.2, -0.15) is 0 Å². The highest BCUT2D eigenvalue weighted by Gasteiger charge is 2.09. The summed E-state index contributed by atoms with van der Waals surface area (Å²) in [6.07, 6.45) is 0.697. The highest BCUT2D eigenvalue weighted by Crippen LogP contribution is 2.21. The Labute approximate surface area is 105 Å². The smallest absolute Gasteiger partial charge is 0.337 e. The highest BCUT2D eigenvalue weighted by atomic mass is 35.5. The summed E-state index contributed by atoms with van der Waals surface area (Å²) in [6.45, 7) is 0.545. The molecule has 17 heavy (non-hydrogen) atoms. The Morgan fingerprint density at radius 1 is 1.41 bits per heavy atom. The van der Waals surface area contributed by atoms with Crippen LogP contribution in [0.4, 0.5) is 0 Å². The molecular formula is C12H14ClNO3. The first-order valence-corrected chi connectivity index (χ1v) is 5.05. The van der Waals surface area contributed by atoms with E-state index in [2.05, 4.69) is 4.74 Å². The second-order valence-corrected chi connectivity index (χ2v) is 3.50. The first-order valence-electron chi connectivity index (χ1n) is 5.05. The van der Waals surface area contributed by atoms with Crippen molar-refractivity contribution in [3.63, 3.8) is 0 Å². The largest absolute Gasteiger partial charge is 0.465 e. The molecule has 0 atom stereocenters. The SMILES string of the molecule is COC(=O)c1ccc2cc(CCN)oc2c1.Cl. The van der Waals surface area contributed by atoms with Crippen LogP contribution >= 0.6 is 12.4 Å². The monoisotopic (exact) mass is 255 g/mol. The van der Waals surface area contributed by atoms with Crippen molar-refractivity contribution in [3.8, 4) is 0 Å². The lowest BCUT2D eigenvalue weighted by molar-refractivity contribution is 0.0601. The number of fused-ring (bicyclic) bond motifs is 1. The maximum absolute atomic E-state index is 11.3. The lowest BCUT2D eigenvalue weighted by atomic mass is 10.1. The first kappa shape index (κ1) is 13.5. The summed E-state index contributed by atoms with van der Waals surface area (Å²) in [5, 5.41) is 0.969. The summed E-state index contributed by atoms with van der Waals surface area (Å²) in [6, 6.07) is 7.17. The number of rotatable bonds is 3. The van der Waals surface area contributed by atoms with Gasteiger partial charge in [0, 0.05) is 11.8 Å². The van der Waals surface area contributed by atoms with E-state index >= 15 is 0 Å². The lowest BCUT2D eigenvalue weighted by Crippen LogP contribution is -2.01.